The van der Waals surface area contributed by atoms with Crippen LogP contribution >= 0.6 is 0 Å². The number of rotatable bonds is 8. The summed E-state index contributed by atoms with van der Waals surface area (Å²) in [5.74, 6) is 0.626. The zero-order chi connectivity index (χ0) is 24.1. The fourth-order valence-corrected chi connectivity index (χ4v) is 3.54. The maximum absolute atomic E-state index is 13.0. The number of nitrogens with zero attached hydrogens (tertiary/aromatic N) is 3. The van der Waals surface area contributed by atoms with Crippen LogP contribution in [0.15, 0.2) is 73.2 Å². The molecule has 1 atom stereocenters. The van der Waals surface area contributed by atoms with Gasteiger partial charge in [0, 0.05) is 35.4 Å². The molecule has 0 saturated carbocycles. The van der Waals surface area contributed by atoms with Crippen molar-refractivity contribution < 1.29 is 14.3 Å². The number of amides is 2. The number of fused-ring (bicyclic) bond motifs is 1. The highest BCUT2D eigenvalue weighted by atomic mass is 16.5. The van der Waals surface area contributed by atoms with Gasteiger partial charge in [-0.3, -0.25) is 14.0 Å². The van der Waals surface area contributed by atoms with E-state index in [0.717, 1.165) is 11.3 Å². The van der Waals surface area contributed by atoms with Crippen LogP contribution in [0.4, 0.5) is 5.69 Å². The van der Waals surface area contributed by atoms with E-state index in [9.17, 15) is 9.59 Å². The molecule has 8 heteroatoms. The van der Waals surface area contributed by atoms with Crippen molar-refractivity contribution >= 4 is 23.3 Å². The van der Waals surface area contributed by atoms with E-state index in [1.807, 2.05) is 67.9 Å². The van der Waals surface area contributed by atoms with Crippen LogP contribution < -0.4 is 15.4 Å². The van der Waals surface area contributed by atoms with Gasteiger partial charge in [-0.25, -0.2) is 9.97 Å². The molecule has 8 nitrogen and oxygen atoms in total. The molecule has 2 N–H and O–H groups in total. The zero-order valence-corrected chi connectivity index (χ0v) is 19.4. The number of hydrogen-bond acceptors (Lipinski definition) is 5. The number of aromatic nitrogens is 3. The van der Waals surface area contributed by atoms with Crippen molar-refractivity contribution in [3.63, 3.8) is 0 Å². The van der Waals surface area contributed by atoms with Gasteiger partial charge < -0.3 is 15.4 Å². The summed E-state index contributed by atoms with van der Waals surface area (Å²) >= 11 is 0. The van der Waals surface area contributed by atoms with Gasteiger partial charge in [0.1, 0.15) is 11.8 Å². The molecule has 4 rings (SSSR count). The standard InChI is InChI=1S/C26H27N5O3/c1-4-34-21-12-8-19(9-13-21)24(32)30-23(17(2)3)25(33)28-20-10-6-18(7-11-20)22-16-31-15-5-14-27-26(31)29-22/h5-17,23H,4H2,1-3H3,(H,28,33)(H,30,32). The maximum atomic E-state index is 13.0. The van der Waals surface area contributed by atoms with Crippen molar-refractivity contribution in [2.45, 2.75) is 26.8 Å². The first-order valence-electron chi connectivity index (χ1n) is 11.2. The fourth-order valence-electron chi connectivity index (χ4n) is 3.54. The molecule has 0 bridgehead atoms. The Morgan fingerprint density at radius 1 is 1.06 bits per heavy atom. The Labute approximate surface area is 198 Å². The second-order valence-electron chi connectivity index (χ2n) is 8.17. The van der Waals surface area contributed by atoms with E-state index in [0.29, 0.717) is 29.4 Å². The van der Waals surface area contributed by atoms with Crippen LogP contribution in [0, 0.1) is 5.92 Å². The molecular formula is C26H27N5O3. The van der Waals surface area contributed by atoms with Crippen molar-refractivity contribution in [1.82, 2.24) is 19.7 Å². The summed E-state index contributed by atoms with van der Waals surface area (Å²) in [6, 6.07) is 15.4. The molecule has 4 aromatic rings. The SMILES string of the molecule is CCOc1ccc(C(=O)NC(C(=O)Nc2ccc(-c3cn4cccnc4n3)cc2)C(C)C)cc1. The molecule has 0 radical (unpaired) electrons. The predicted octanol–water partition coefficient (Wildman–Crippen LogP) is 4.19. The molecule has 174 valence electrons. The largest absolute Gasteiger partial charge is 0.494 e. The van der Waals surface area contributed by atoms with Crippen LogP contribution in [0.3, 0.4) is 0 Å². The lowest BCUT2D eigenvalue weighted by Gasteiger charge is -2.22. The van der Waals surface area contributed by atoms with E-state index < -0.39 is 6.04 Å². The van der Waals surface area contributed by atoms with Gasteiger partial charge in [0.05, 0.1) is 12.3 Å². The van der Waals surface area contributed by atoms with E-state index in [4.69, 9.17) is 4.74 Å². The number of carbonyl (C=O) groups is 2. The quantitative estimate of drug-likeness (QED) is 0.414. The molecule has 2 aromatic carbocycles. The van der Waals surface area contributed by atoms with Gasteiger partial charge in [-0.2, -0.15) is 0 Å². The molecule has 0 saturated heterocycles. The monoisotopic (exact) mass is 457 g/mol. The lowest BCUT2D eigenvalue weighted by atomic mass is 10.0. The molecule has 0 aliphatic heterocycles. The van der Waals surface area contributed by atoms with Crippen LogP contribution in [-0.4, -0.2) is 38.8 Å². The van der Waals surface area contributed by atoms with E-state index in [2.05, 4.69) is 20.6 Å². The number of carbonyl (C=O) groups excluding carboxylic acids is 2. The van der Waals surface area contributed by atoms with Crippen LogP contribution in [0.5, 0.6) is 5.75 Å². The van der Waals surface area contributed by atoms with Crippen molar-refractivity contribution in [2.75, 3.05) is 11.9 Å². The number of benzene rings is 2. The lowest BCUT2D eigenvalue weighted by Crippen LogP contribution is -2.47. The van der Waals surface area contributed by atoms with E-state index in [-0.39, 0.29) is 17.7 Å². The van der Waals surface area contributed by atoms with E-state index >= 15 is 0 Å². The molecule has 0 fully saturated rings. The van der Waals surface area contributed by atoms with Gasteiger partial charge in [0.25, 0.3) is 5.91 Å². The number of imidazole rings is 1. The molecular weight excluding hydrogens is 430 g/mol. The summed E-state index contributed by atoms with van der Waals surface area (Å²) in [4.78, 5) is 34.4. The summed E-state index contributed by atoms with van der Waals surface area (Å²) in [6.45, 7) is 6.24. The van der Waals surface area contributed by atoms with E-state index in [1.165, 1.54) is 0 Å². The van der Waals surface area contributed by atoms with Crippen molar-refractivity contribution in [3.8, 4) is 17.0 Å². The summed E-state index contributed by atoms with van der Waals surface area (Å²) in [7, 11) is 0. The Bertz CT molecular complexity index is 1250. The molecule has 2 amide bonds. The van der Waals surface area contributed by atoms with Crippen molar-refractivity contribution in [1.29, 1.82) is 0 Å². The highest BCUT2D eigenvalue weighted by Crippen LogP contribution is 2.21. The Morgan fingerprint density at radius 3 is 2.44 bits per heavy atom. The highest BCUT2D eigenvalue weighted by Gasteiger charge is 2.25. The van der Waals surface area contributed by atoms with Crippen LogP contribution in [0.1, 0.15) is 31.1 Å². The third-order valence-corrected chi connectivity index (χ3v) is 5.35. The van der Waals surface area contributed by atoms with Gasteiger partial charge >= 0.3 is 0 Å². The van der Waals surface area contributed by atoms with Gasteiger partial charge in [0.2, 0.25) is 11.7 Å². The number of nitrogens with one attached hydrogen (secondary N) is 2. The molecule has 2 heterocycles. The summed E-state index contributed by atoms with van der Waals surface area (Å²) in [5, 5.41) is 5.74. The maximum Gasteiger partial charge on any atom is 0.251 e. The van der Waals surface area contributed by atoms with Gasteiger partial charge in [-0.05, 0) is 55.3 Å². The minimum Gasteiger partial charge on any atom is -0.494 e. The van der Waals surface area contributed by atoms with Gasteiger partial charge in [0.15, 0.2) is 0 Å². The molecule has 34 heavy (non-hydrogen) atoms. The van der Waals surface area contributed by atoms with Gasteiger partial charge in [-0.1, -0.05) is 26.0 Å². The Hall–Kier alpha value is -4.20. The topological polar surface area (TPSA) is 97.6 Å². The second kappa shape index (κ2) is 10.2. The van der Waals surface area contributed by atoms with E-state index in [1.54, 1.807) is 30.5 Å². The van der Waals surface area contributed by atoms with Crippen LogP contribution in [0.25, 0.3) is 17.0 Å². The molecule has 0 aliphatic carbocycles. The molecule has 0 spiro atoms. The number of anilines is 1. The zero-order valence-electron chi connectivity index (χ0n) is 19.4. The average Bonchev–Trinajstić information content (AvgIpc) is 3.27. The first-order valence-corrected chi connectivity index (χ1v) is 11.2. The minimum atomic E-state index is -0.691. The minimum absolute atomic E-state index is 0.101. The normalized spacial score (nSPS) is 11.9. The first kappa shape index (κ1) is 23.0. The molecule has 0 aliphatic rings. The van der Waals surface area contributed by atoms with Crippen molar-refractivity contribution in [3.05, 3.63) is 78.8 Å². The Morgan fingerprint density at radius 2 is 1.79 bits per heavy atom. The Kier molecular flexibility index (Phi) is 6.87. The second-order valence-corrected chi connectivity index (χ2v) is 8.17. The average molecular weight is 458 g/mol. The molecule has 2 aromatic heterocycles. The third kappa shape index (κ3) is 5.23. The summed E-state index contributed by atoms with van der Waals surface area (Å²) < 4.78 is 7.26. The highest BCUT2D eigenvalue weighted by molar-refractivity contribution is 6.01. The predicted molar refractivity (Wildman–Crippen MR) is 131 cm³/mol. The first-order chi connectivity index (χ1) is 16.4. The fraction of sp³-hybridized carbons (Fsp3) is 0.231. The van der Waals surface area contributed by atoms with Gasteiger partial charge in [-0.15, -0.1) is 0 Å². The third-order valence-electron chi connectivity index (χ3n) is 5.35. The summed E-state index contributed by atoms with van der Waals surface area (Å²) in [6.07, 6.45) is 5.49. The lowest BCUT2D eigenvalue weighted by molar-refractivity contribution is -0.118. The van der Waals surface area contributed by atoms with Crippen LogP contribution in [0.2, 0.25) is 0 Å². The van der Waals surface area contributed by atoms with Crippen LogP contribution in [-0.2, 0) is 4.79 Å². The number of hydrogen-bond donors (Lipinski definition) is 2. The number of ether oxygens (including phenoxy) is 1. The summed E-state index contributed by atoms with van der Waals surface area (Å²) in [5.41, 5.74) is 2.80. The van der Waals surface area contributed by atoms with Crippen molar-refractivity contribution in [2.24, 2.45) is 5.92 Å². The molecule has 1 unspecified atom stereocenters. The Balaban J connectivity index is 1.42. The smallest absolute Gasteiger partial charge is 0.251 e.